The van der Waals surface area contributed by atoms with Gasteiger partial charge in [-0.05, 0) is 38.8 Å². The van der Waals surface area contributed by atoms with E-state index in [0.29, 0.717) is 11.6 Å². The van der Waals surface area contributed by atoms with Crippen molar-refractivity contribution < 1.29 is 9.59 Å². The quantitative estimate of drug-likeness (QED) is 0.750. The van der Waals surface area contributed by atoms with Gasteiger partial charge in [0.2, 0.25) is 5.91 Å². The number of rotatable bonds is 6. The molecule has 0 aliphatic heterocycles. The highest BCUT2D eigenvalue weighted by Crippen LogP contribution is 2.26. The maximum atomic E-state index is 12.3. The van der Waals surface area contributed by atoms with E-state index in [1.165, 1.54) is 11.8 Å². The first-order valence-corrected chi connectivity index (χ1v) is 9.53. The molecule has 1 aromatic carbocycles. The van der Waals surface area contributed by atoms with Crippen molar-refractivity contribution in [2.24, 2.45) is 5.92 Å². The second-order valence-electron chi connectivity index (χ2n) is 6.64. The van der Waals surface area contributed by atoms with Gasteiger partial charge in [0, 0.05) is 17.9 Å². The van der Waals surface area contributed by atoms with Gasteiger partial charge in [-0.1, -0.05) is 43.8 Å². The summed E-state index contributed by atoms with van der Waals surface area (Å²) in [6.45, 7) is 10.9. The van der Waals surface area contributed by atoms with E-state index in [9.17, 15) is 9.59 Å². The smallest absolute Gasteiger partial charge is 0.323 e. The van der Waals surface area contributed by atoms with E-state index in [4.69, 9.17) is 0 Å². The lowest BCUT2D eigenvalue weighted by molar-refractivity contribution is -0.119. The first-order chi connectivity index (χ1) is 12.3. The number of amides is 3. The Labute approximate surface area is 158 Å². The van der Waals surface area contributed by atoms with Gasteiger partial charge in [0.05, 0.1) is 10.9 Å². The number of imidazole rings is 1. The molecule has 6 nitrogen and oxygen atoms in total. The number of benzene rings is 1. The van der Waals surface area contributed by atoms with Gasteiger partial charge in [0.25, 0.3) is 0 Å². The zero-order valence-electron chi connectivity index (χ0n) is 15.9. The van der Waals surface area contributed by atoms with Crippen LogP contribution in [-0.4, -0.2) is 26.7 Å². The highest BCUT2D eigenvalue weighted by atomic mass is 32.2. The van der Waals surface area contributed by atoms with Gasteiger partial charge in [-0.25, -0.2) is 9.78 Å². The second kappa shape index (κ2) is 8.89. The van der Waals surface area contributed by atoms with Crippen molar-refractivity contribution in [3.05, 3.63) is 41.7 Å². The van der Waals surface area contributed by atoms with Crippen molar-refractivity contribution in [1.29, 1.82) is 0 Å². The van der Waals surface area contributed by atoms with Crippen molar-refractivity contribution in [1.82, 2.24) is 14.9 Å². The fourth-order valence-corrected chi connectivity index (χ4v) is 3.41. The molecular formula is C19H26N4O2S. The number of anilines is 1. The Morgan fingerprint density at radius 1 is 1.15 bits per heavy atom. The summed E-state index contributed by atoms with van der Waals surface area (Å²) in [7, 11) is 0. The lowest BCUT2D eigenvalue weighted by Crippen LogP contribution is -2.39. The standard InChI is InChI=1S/C19H26N4O2S/c1-12(2)11-23-14(4)13(3)20-19(23)26-15(5)17(24)22-18(25)21-16-9-7-6-8-10-16/h6-10,12,15H,11H2,1-5H3,(H2,21,22,24,25). The summed E-state index contributed by atoms with van der Waals surface area (Å²) >= 11 is 1.36. The van der Waals surface area contributed by atoms with Gasteiger partial charge in [-0.15, -0.1) is 0 Å². The van der Waals surface area contributed by atoms with Gasteiger partial charge in [-0.2, -0.15) is 0 Å². The molecule has 2 aromatic rings. The van der Waals surface area contributed by atoms with Gasteiger partial charge in [0.15, 0.2) is 5.16 Å². The molecule has 7 heteroatoms. The Morgan fingerprint density at radius 2 is 1.81 bits per heavy atom. The molecule has 1 atom stereocenters. The van der Waals surface area contributed by atoms with Gasteiger partial charge >= 0.3 is 6.03 Å². The fraction of sp³-hybridized carbons (Fsp3) is 0.421. The molecule has 0 aliphatic rings. The van der Waals surface area contributed by atoms with Gasteiger partial charge in [-0.3, -0.25) is 10.1 Å². The third kappa shape index (κ3) is 5.36. The molecule has 2 N–H and O–H groups in total. The van der Waals surface area contributed by atoms with E-state index in [1.807, 2.05) is 32.0 Å². The van der Waals surface area contributed by atoms with Crippen LogP contribution in [0.15, 0.2) is 35.5 Å². The molecule has 0 aliphatic carbocycles. The molecule has 0 fully saturated rings. The van der Waals surface area contributed by atoms with E-state index in [1.54, 1.807) is 19.1 Å². The number of hydrogen-bond acceptors (Lipinski definition) is 4. The van der Waals surface area contributed by atoms with Crippen LogP contribution in [-0.2, 0) is 11.3 Å². The summed E-state index contributed by atoms with van der Waals surface area (Å²) in [5.74, 6) is 0.125. The largest absolute Gasteiger partial charge is 0.325 e. The van der Waals surface area contributed by atoms with Crippen LogP contribution < -0.4 is 10.6 Å². The first-order valence-electron chi connectivity index (χ1n) is 8.65. The summed E-state index contributed by atoms with van der Waals surface area (Å²) in [5.41, 5.74) is 2.70. The maximum absolute atomic E-state index is 12.3. The minimum Gasteiger partial charge on any atom is -0.323 e. The number of thioether (sulfide) groups is 1. The van der Waals surface area contributed by atoms with Crippen LogP contribution in [0.25, 0.3) is 0 Å². The minimum atomic E-state index is -0.536. The van der Waals surface area contributed by atoms with Gasteiger partial charge in [0.1, 0.15) is 0 Å². The topological polar surface area (TPSA) is 76.0 Å². The van der Waals surface area contributed by atoms with E-state index < -0.39 is 11.3 Å². The lowest BCUT2D eigenvalue weighted by atomic mass is 10.2. The highest BCUT2D eigenvalue weighted by Gasteiger charge is 2.21. The van der Waals surface area contributed by atoms with Crippen molar-refractivity contribution in [2.75, 3.05) is 5.32 Å². The predicted molar refractivity (Wildman–Crippen MR) is 105 cm³/mol. The van der Waals surface area contributed by atoms with Gasteiger partial charge < -0.3 is 9.88 Å². The summed E-state index contributed by atoms with van der Waals surface area (Å²) < 4.78 is 2.14. The number of imide groups is 1. The number of aromatic nitrogens is 2. The van der Waals surface area contributed by atoms with Crippen LogP contribution in [0.4, 0.5) is 10.5 Å². The van der Waals surface area contributed by atoms with Crippen molar-refractivity contribution in [3.8, 4) is 0 Å². The van der Waals surface area contributed by atoms with Crippen LogP contribution >= 0.6 is 11.8 Å². The maximum Gasteiger partial charge on any atom is 0.325 e. The van der Waals surface area contributed by atoms with E-state index in [-0.39, 0.29) is 5.91 Å². The number of para-hydroxylation sites is 1. The number of urea groups is 1. The lowest BCUT2D eigenvalue weighted by Gasteiger charge is -2.15. The third-order valence-electron chi connectivity index (χ3n) is 3.89. The predicted octanol–water partition coefficient (Wildman–Crippen LogP) is 3.98. The number of carbonyl (C=O) groups is 2. The average molecular weight is 375 g/mol. The van der Waals surface area contributed by atoms with E-state index in [0.717, 1.165) is 23.1 Å². The zero-order chi connectivity index (χ0) is 19.3. The normalized spacial score (nSPS) is 12.1. The summed E-state index contributed by atoms with van der Waals surface area (Å²) in [4.78, 5) is 28.9. The number of aryl methyl sites for hydroxylation is 1. The minimum absolute atomic E-state index is 0.349. The van der Waals surface area contributed by atoms with Crippen molar-refractivity contribution >= 4 is 29.4 Å². The number of nitrogens with one attached hydrogen (secondary N) is 2. The highest BCUT2D eigenvalue weighted by molar-refractivity contribution is 8.00. The van der Waals surface area contributed by atoms with Crippen LogP contribution in [0.3, 0.4) is 0 Å². The molecule has 1 unspecified atom stereocenters. The Hall–Kier alpha value is -2.28. The monoisotopic (exact) mass is 374 g/mol. The fourth-order valence-electron chi connectivity index (χ4n) is 2.40. The molecule has 0 saturated carbocycles. The molecule has 1 heterocycles. The summed E-state index contributed by atoms with van der Waals surface area (Å²) in [6.07, 6.45) is 0. The molecule has 2 rings (SSSR count). The average Bonchev–Trinajstić information content (AvgIpc) is 2.82. The molecular weight excluding hydrogens is 348 g/mol. The first kappa shape index (κ1) is 20.0. The Balaban J connectivity index is 1.99. The molecule has 0 radical (unpaired) electrons. The van der Waals surface area contributed by atoms with E-state index >= 15 is 0 Å². The van der Waals surface area contributed by atoms with Crippen LogP contribution in [0.2, 0.25) is 0 Å². The van der Waals surface area contributed by atoms with Crippen molar-refractivity contribution in [2.45, 2.75) is 51.6 Å². The van der Waals surface area contributed by atoms with E-state index in [2.05, 4.69) is 34.0 Å². The van der Waals surface area contributed by atoms with Crippen LogP contribution in [0, 0.1) is 19.8 Å². The molecule has 0 spiro atoms. The molecule has 0 saturated heterocycles. The third-order valence-corrected chi connectivity index (χ3v) is 4.98. The SMILES string of the molecule is Cc1nc(SC(C)C(=O)NC(=O)Nc2ccccc2)n(CC(C)C)c1C. The number of hydrogen-bond donors (Lipinski definition) is 2. The Morgan fingerprint density at radius 3 is 2.42 bits per heavy atom. The van der Waals surface area contributed by atoms with Crippen LogP contribution in [0.1, 0.15) is 32.2 Å². The molecule has 3 amide bonds. The molecule has 0 bridgehead atoms. The molecule has 1 aromatic heterocycles. The number of nitrogens with zero attached hydrogens (tertiary/aromatic N) is 2. The second-order valence-corrected chi connectivity index (χ2v) is 7.95. The zero-order valence-corrected chi connectivity index (χ0v) is 16.7. The summed E-state index contributed by atoms with van der Waals surface area (Å²) in [5, 5.41) is 5.39. The number of carbonyl (C=O) groups excluding carboxylic acids is 2. The summed E-state index contributed by atoms with van der Waals surface area (Å²) in [6, 6.07) is 8.47. The van der Waals surface area contributed by atoms with Crippen LogP contribution in [0.5, 0.6) is 0 Å². The molecule has 26 heavy (non-hydrogen) atoms. The molecule has 140 valence electrons. The van der Waals surface area contributed by atoms with Crippen molar-refractivity contribution in [3.63, 3.8) is 0 Å². The Bertz CT molecular complexity index is 771. The Kier molecular flexibility index (Phi) is 6.85.